The maximum atomic E-state index is 13.9. The summed E-state index contributed by atoms with van der Waals surface area (Å²) in [4.78, 5) is 13.2. The smallest absolute Gasteiger partial charge is 0.244 e. The SMILES string of the molecule is O=C1CCCN1C[C@H](NS(=O)(=O)c1ccccc1F)c1ccccc1. The van der Waals surface area contributed by atoms with Gasteiger partial charge in [-0.2, -0.15) is 0 Å². The average molecular weight is 362 g/mol. The van der Waals surface area contributed by atoms with Gasteiger partial charge in [0.05, 0.1) is 6.04 Å². The van der Waals surface area contributed by atoms with Crippen LogP contribution in [0.3, 0.4) is 0 Å². The third-order valence-electron chi connectivity index (χ3n) is 4.20. The van der Waals surface area contributed by atoms with Crippen LogP contribution in [0.4, 0.5) is 4.39 Å². The molecule has 1 aliphatic rings. The molecule has 132 valence electrons. The molecule has 0 aliphatic carbocycles. The van der Waals surface area contributed by atoms with Crippen molar-refractivity contribution in [3.8, 4) is 0 Å². The molecule has 7 heteroatoms. The van der Waals surface area contributed by atoms with E-state index in [0.29, 0.717) is 13.0 Å². The Morgan fingerprint density at radius 2 is 1.76 bits per heavy atom. The quantitative estimate of drug-likeness (QED) is 0.858. The molecular weight excluding hydrogens is 343 g/mol. The second-order valence-corrected chi connectivity index (χ2v) is 7.64. The van der Waals surface area contributed by atoms with E-state index < -0.39 is 26.8 Å². The van der Waals surface area contributed by atoms with Gasteiger partial charge in [0.25, 0.3) is 0 Å². The number of hydrogen-bond acceptors (Lipinski definition) is 3. The molecule has 1 amide bonds. The number of halogens is 1. The van der Waals surface area contributed by atoms with E-state index in [0.717, 1.165) is 18.1 Å². The van der Waals surface area contributed by atoms with E-state index in [-0.39, 0.29) is 12.5 Å². The van der Waals surface area contributed by atoms with Crippen LogP contribution in [-0.2, 0) is 14.8 Å². The number of hydrogen-bond donors (Lipinski definition) is 1. The highest BCUT2D eigenvalue weighted by atomic mass is 32.2. The predicted octanol–water partition coefficient (Wildman–Crippen LogP) is 2.47. The van der Waals surface area contributed by atoms with Gasteiger partial charge in [-0.25, -0.2) is 17.5 Å². The van der Waals surface area contributed by atoms with E-state index in [2.05, 4.69) is 4.72 Å². The van der Waals surface area contributed by atoms with E-state index in [1.165, 1.54) is 18.2 Å². The molecule has 0 bridgehead atoms. The Morgan fingerprint density at radius 3 is 2.40 bits per heavy atom. The maximum Gasteiger partial charge on any atom is 0.244 e. The monoisotopic (exact) mass is 362 g/mol. The van der Waals surface area contributed by atoms with Crippen molar-refractivity contribution in [2.75, 3.05) is 13.1 Å². The molecule has 0 spiro atoms. The van der Waals surface area contributed by atoms with Crippen molar-refractivity contribution < 1.29 is 17.6 Å². The van der Waals surface area contributed by atoms with Crippen LogP contribution in [0, 0.1) is 5.82 Å². The van der Waals surface area contributed by atoms with Gasteiger partial charge in [-0.15, -0.1) is 0 Å². The lowest BCUT2D eigenvalue weighted by molar-refractivity contribution is -0.127. The van der Waals surface area contributed by atoms with Crippen LogP contribution in [0.1, 0.15) is 24.4 Å². The number of sulfonamides is 1. The Morgan fingerprint density at radius 1 is 1.08 bits per heavy atom. The average Bonchev–Trinajstić information content (AvgIpc) is 3.00. The Kier molecular flexibility index (Phi) is 5.15. The highest BCUT2D eigenvalue weighted by Gasteiger charge is 2.28. The molecule has 5 nitrogen and oxygen atoms in total. The summed E-state index contributed by atoms with van der Waals surface area (Å²) >= 11 is 0. The van der Waals surface area contributed by atoms with E-state index in [4.69, 9.17) is 0 Å². The Bertz CT molecular complexity index is 856. The molecular formula is C18H19FN2O3S. The normalized spacial score (nSPS) is 16.2. The van der Waals surface area contributed by atoms with Crippen LogP contribution in [0.5, 0.6) is 0 Å². The van der Waals surface area contributed by atoms with Crippen LogP contribution in [-0.4, -0.2) is 32.3 Å². The second kappa shape index (κ2) is 7.33. The van der Waals surface area contributed by atoms with Crippen molar-refractivity contribution in [2.24, 2.45) is 0 Å². The van der Waals surface area contributed by atoms with Crippen LogP contribution < -0.4 is 4.72 Å². The molecule has 1 atom stereocenters. The summed E-state index contributed by atoms with van der Waals surface area (Å²) in [6.45, 7) is 0.820. The zero-order valence-corrected chi connectivity index (χ0v) is 14.4. The van der Waals surface area contributed by atoms with Gasteiger partial charge < -0.3 is 4.90 Å². The molecule has 2 aromatic rings. The first-order chi connectivity index (χ1) is 12.0. The van der Waals surface area contributed by atoms with E-state index in [9.17, 15) is 17.6 Å². The minimum Gasteiger partial charge on any atom is -0.341 e. The number of nitrogens with zero attached hydrogens (tertiary/aromatic N) is 1. The van der Waals surface area contributed by atoms with Gasteiger partial charge >= 0.3 is 0 Å². The first-order valence-electron chi connectivity index (χ1n) is 8.07. The molecule has 1 heterocycles. The summed E-state index contributed by atoms with van der Waals surface area (Å²) in [6.07, 6.45) is 1.24. The van der Waals surface area contributed by atoms with Gasteiger partial charge in [-0.3, -0.25) is 4.79 Å². The maximum absolute atomic E-state index is 13.9. The van der Waals surface area contributed by atoms with Crippen LogP contribution in [0.2, 0.25) is 0 Å². The van der Waals surface area contributed by atoms with Gasteiger partial charge in [-0.1, -0.05) is 42.5 Å². The third-order valence-corrected chi connectivity index (χ3v) is 5.70. The van der Waals surface area contributed by atoms with Gasteiger partial charge in [0.15, 0.2) is 0 Å². The Labute approximate surface area is 146 Å². The molecule has 1 saturated heterocycles. The summed E-state index contributed by atoms with van der Waals surface area (Å²) in [5.74, 6) is -0.801. The molecule has 3 rings (SSSR count). The molecule has 25 heavy (non-hydrogen) atoms. The molecule has 1 aliphatic heterocycles. The summed E-state index contributed by atoms with van der Waals surface area (Å²) < 4.78 is 41.7. The summed E-state index contributed by atoms with van der Waals surface area (Å²) in [5.41, 5.74) is 0.724. The van der Waals surface area contributed by atoms with Crippen molar-refractivity contribution in [2.45, 2.75) is 23.8 Å². The topological polar surface area (TPSA) is 66.5 Å². The number of carbonyl (C=O) groups is 1. The molecule has 2 aromatic carbocycles. The second-order valence-electron chi connectivity index (χ2n) is 5.96. The van der Waals surface area contributed by atoms with Gasteiger partial charge in [0.2, 0.25) is 15.9 Å². The van der Waals surface area contributed by atoms with E-state index >= 15 is 0 Å². The Hall–Kier alpha value is -2.25. The number of benzene rings is 2. The first kappa shape index (κ1) is 17.6. The first-order valence-corrected chi connectivity index (χ1v) is 9.55. The Balaban J connectivity index is 1.89. The zero-order valence-electron chi connectivity index (χ0n) is 13.6. The van der Waals surface area contributed by atoms with Crippen molar-refractivity contribution in [1.29, 1.82) is 0 Å². The fraction of sp³-hybridized carbons (Fsp3) is 0.278. The summed E-state index contributed by atoms with van der Waals surface area (Å²) in [7, 11) is -4.06. The molecule has 0 unspecified atom stereocenters. The highest BCUT2D eigenvalue weighted by Crippen LogP contribution is 2.22. The number of likely N-dealkylation sites (tertiary alicyclic amines) is 1. The number of nitrogens with one attached hydrogen (secondary N) is 1. The lowest BCUT2D eigenvalue weighted by Crippen LogP contribution is -2.38. The van der Waals surface area contributed by atoms with Crippen LogP contribution >= 0.6 is 0 Å². The fourth-order valence-electron chi connectivity index (χ4n) is 2.93. The largest absolute Gasteiger partial charge is 0.341 e. The lowest BCUT2D eigenvalue weighted by atomic mass is 10.1. The molecule has 1 N–H and O–H groups in total. The van der Waals surface area contributed by atoms with Crippen LogP contribution in [0.25, 0.3) is 0 Å². The number of amides is 1. The number of carbonyl (C=O) groups excluding carboxylic acids is 1. The minimum absolute atomic E-state index is 0.00557. The lowest BCUT2D eigenvalue weighted by Gasteiger charge is -2.25. The molecule has 0 saturated carbocycles. The molecule has 0 aromatic heterocycles. The van der Waals surface area contributed by atoms with E-state index in [1.807, 2.05) is 6.07 Å². The van der Waals surface area contributed by atoms with Crippen molar-refractivity contribution in [3.05, 3.63) is 66.0 Å². The van der Waals surface area contributed by atoms with Gasteiger partial charge in [0, 0.05) is 19.5 Å². The van der Waals surface area contributed by atoms with Crippen molar-refractivity contribution >= 4 is 15.9 Å². The van der Waals surface area contributed by atoms with Gasteiger partial charge in [0.1, 0.15) is 10.7 Å². The third kappa shape index (κ3) is 4.05. The minimum atomic E-state index is -4.06. The van der Waals surface area contributed by atoms with Crippen LogP contribution in [0.15, 0.2) is 59.5 Å². The summed E-state index contributed by atoms with van der Waals surface area (Å²) in [5, 5.41) is 0. The summed E-state index contributed by atoms with van der Waals surface area (Å²) in [6, 6.07) is 13.6. The molecule has 1 fully saturated rings. The fourth-order valence-corrected chi connectivity index (χ4v) is 4.22. The zero-order chi connectivity index (χ0) is 17.9. The van der Waals surface area contributed by atoms with Gasteiger partial charge in [-0.05, 0) is 24.1 Å². The van der Waals surface area contributed by atoms with Crippen molar-refractivity contribution in [3.63, 3.8) is 0 Å². The number of rotatable bonds is 6. The predicted molar refractivity (Wildman–Crippen MR) is 91.7 cm³/mol. The van der Waals surface area contributed by atoms with Crippen molar-refractivity contribution in [1.82, 2.24) is 9.62 Å². The van der Waals surface area contributed by atoms with E-state index in [1.54, 1.807) is 29.2 Å². The standard InChI is InChI=1S/C18H19FN2O3S/c19-15-9-4-5-10-17(15)25(23,24)20-16(14-7-2-1-3-8-14)13-21-12-6-11-18(21)22/h1-5,7-10,16,20H,6,11-13H2/t16-/m0/s1. The highest BCUT2D eigenvalue weighted by molar-refractivity contribution is 7.89. The molecule has 0 radical (unpaired) electrons.